The van der Waals surface area contributed by atoms with Crippen molar-refractivity contribution in [2.45, 2.75) is 12.8 Å². The Kier molecular flexibility index (Phi) is 32.7. The van der Waals surface area contributed by atoms with E-state index in [1.807, 2.05) is 0 Å². The predicted octanol–water partition coefficient (Wildman–Crippen LogP) is 2.35. The summed E-state index contributed by atoms with van der Waals surface area (Å²) < 4.78 is 135. The number of benzene rings is 1. The van der Waals surface area contributed by atoms with Crippen molar-refractivity contribution in [3.63, 3.8) is 0 Å². The number of hydrogen-bond donors (Lipinski definition) is 1. The van der Waals surface area contributed by atoms with Gasteiger partial charge >= 0.3 is 11.9 Å². The van der Waals surface area contributed by atoms with Crippen LogP contribution in [0.5, 0.6) is 5.75 Å². The van der Waals surface area contributed by atoms with Crippen molar-refractivity contribution >= 4 is 11.9 Å². The largest absolute Gasteiger partial charge is 0.481 e. The van der Waals surface area contributed by atoms with Crippen LogP contribution in [-0.2, 0) is 66.4 Å². The Morgan fingerprint density at radius 1 is 0.327 bits per heavy atom. The number of carbonyl (C=O) groups is 2. The molecule has 0 bridgehead atoms. The van der Waals surface area contributed by atoms with Crippen LogP contribution in [0.2, 0.25) is 0 Å². The molecule has 55 heavy (non-hydrogen) atoms. The van der Waals surface area contributed by atoms with E-state index in [-0.39, 0.29) is 39.5 Å². The Morgan fingerprint density at radius 3 is 0.764 bits per heavy atom. The standard InChI is InChI=1S/C34H53F5O16/c35-29-30(36)32(38)34(33(39)31(29)37)55-28(42)2-4-44-6-8-46-10-12-48-14-16-50-18-20-52-22-24-54-26-25-53-23-21-51-19-17-49-15-13-47-11-9-45-7-5-43-3-1-27(40)41/h1-26H2,(H,40,41). The third-order valence-electron chi connectivity index (χ3n) is 6.39. The zero-order valence-corrected chi connectivity index (χ0v) is 30.8. The molecule has 0 atom stereocenters. The lowest BCUT2D eigenvalue weighted by molar-refractivity contribution is -0.138. The van der Waals surface area contributed by atoms with Gasteiger partial charge in [0.05, 0.1) is 171 Å². The van der Waals surface area contributed by atoms with Gasteiger partial charge in [0.15, 0.2) is 0 Å². The van der Waals surface area contributed by atoms with Crippen molar-refractivity contribution < 1.29 is 98.2 Å². The molecule has 0 amide bonds. The van der Waals surface area contributed by atoms with Crippen LogP contribution in [0.3, 0.4) is 0 Å². The summed E-state index contributed by atoms with van der Waals surface area (Å²) in [5.41, 5.74) is 0. The van der Waals surface area contributed by atoms with Gasteiger partial charge in [0, 0.05) is 0 Å². The highest BCUT2D eigenvalue weighted by Crippen LogP contribution is 2.29. The van der Waals surface area contributed by atoms with E-state index in [2.05, 4.69) is 4.74 Å². The molecule has 0 radical (unpaired) electrons. The van der Waals surface area contributed by atoms with Gasteiger partial charge in [0.1, 0.15) is 0 Å². The summed E-state index contributed by atoms with van der Waals surface area (Å²) in [5.74, 6) is -15.1. The maximum Gasteiger partial charge on any atom is 0.313 e. The Morgan fingerprint density at radius 2 is 0.527 bits per heavy atom. The topological polar surface area (TPSA) is 174 Å². The minimum atomic E-state index is -2.35. The predicted molar refractivity (Wildman–Crippen MR) is 179 cm³/mol. The summed E-state index contributed by atoms with van der Waals surface area (Å²) in [5, 5.41) is 8.49. The number of carboxylic acids is 1. The molecule has 1 aromatic carbocycles. The molecule has 0 fully saturated rings. The van der Waals surface area contributed by atoms with E-state index < -0.39 is 53.2 Å². The molecule has 320 valence electrons. The van der Waals surface area contributed by atoms with Crippen molar-refractivity contribution in [2.75, 3.05) is 159 Å². The summed E-state index contributed by atoms with van der Waals surface area (Å²) in [6.07, 6.45) is -0.516. The zero-order valence-electron chi connectivity index (χ0n) is 30.8. The van der Waals surface area contributed by atoms with E-state index in [0.29, 0.717) is 126 Å². The minimum absolute atomic E-state index is 0.0229. The molecular formula is C34H53F5O16. The first-order valence-corrected chi connectivity index (χ1v) is 17.6. The first-order chi connectivity index (χ1) is 26.8. The summed E-state index contributed by atoms with van der Waals surface area (Å²) in [6, 6.07) is 0. The van der Waals surface area contributed by atoms with Crippen LogP contribution in [0.4, 0.5) is 22.0 Å². The smallest absolute Gasteiger partial charge is 0.313 e. The van der Waals surface area contributed by atoms with Crippen LogP contribution in [0.25, 0.3) is 0 Å². The fourth-order valence-electron chi connectivity index (χ4n) is 3.68. The highest BCUT2D eigenvalue weighted by molar-refractivity contribution is 5.72. The third kappa shape index (κ3) is 28.4. The number of carbonyl (C=O) groups excluding carboxylic acids is 1. The molecule has 1 N–H and O–H groups in total. The van der Waals surface area contributed by atoms with Crippen molar-refractivity contribution in [1.82, 2.24) is 0 Å². The van der Waals surface area contributed by atoms with Gasteiger partial charge in [-0.25, -0.2) is 13.2 Å². The van der Waals surface area contributed by atoms with Crippen molar-refractivity contribution in [3.8, 4) is 5.75 Å². The van der Waals surface area contributed by atoms with Crippen LogP contribution in [0.15, 0.2) is 0 Å². The number of esters is 1. The van der Waals surface area contributed by atoms with Gasteiger partial charge < -0.3 is 66.7 Å². The van der Waals surface area contributed by atoms with Crippen molar-refractivity contribution in [2.24, 2.45) is 0 Å². The van der Waals surface area contributed by atoms with Gasteiger partial charge in [0.2, 0.25) is 34.8 Å². The second-order valence-corrected chi connectivity index (χ2v) is 10.6. The minimum Gasteiger partial charge on any atom is -0.481 e. The molecule has 0 aliphatic heterocycles. The average Bonchev–Trinajstić information content (AvgIpc) is 3.17. The van der Waals surface area contributed by atoms with Gasteiger partial charge in [-0.2, -0.15) is 8.78 Å². The average molecular weight is 813 g/mol. The fourth-order valence-corrected chi connectivity index (χ4v) is 3.68. The lowest BCUT2D eigenvalue weighted by Crippen LogP contribution is -2.16. The van der Waals surface area contributed by atoms with Gasteiger partial charge in [-0.15, -0.1) is 0 Å². The lowest BCUT2D eigenvalue weighted by Gasteiger charge is -2.09. The van der Waals surface area contributed by atoms with E-state index in [0.717, 1.165) is 0 Å². The lowest BCUT2D eigenvalue weighted by atomic mass is 10.2. The van der Waals surface area contributed by atoms with Gasteiger partial charge in [0.25, 0.3) is 0 Å². The molecule has 0 aliphatic carbocycles. The molecule has 0 aromatic heterocycles. The molecule has 0 saturated heterocycles. The van der Waals surface area contributed by atoms with Crippen LogP contribution in [-0.4, -0.2) is 176 Å². The van der Waals surface area contributed by atoms with Crippen molar-refractivity contribution in [3.05, 3.63) is 29.1 Å². The highest BCUT2D eigenvalue weighted by Gasteiger charge is 2.28. The molecule has 0 saturated carbocycles. The fraction of sp³-hybridized carbons (Fsp3) is 0.765. The molecule has 1 rings (SSSR count). The molecular weight excluding hydrogens is 759 g/mol. The molecule has 0 aliphatic rings. The van der Waals surface area contributed by atoms with E-state index in [1.54, 1.807) is 0 Å². The Bertz CT molecular complexity index is 1090. The molecule has 0 unspecified atom stereocenters. The summed E-state index contributed by atoms with van der Waals surface area (Å²) in [7, 11) is 0. The Balaban J connectivity index is 1.71. The second kappa shape index (κ2) is 35.7. The second-order valence-electron chi connectivity index (χ2n) is 10.6. The summed E-state index contributed by atoms with van der Waals surface area (Å²) in [4.78, 5) is 22.0. The molecule has 1 aromatic rings. The van der Waals surface area contributed by atoms with Crippen LogP contribution >= 0.6 is 0 Å². The first kappa shape index (κ1) is 50.3. The normalized spacial score (nSPS) is 11.4. The van der Waals surface area contributed by atoms with Crippen LogP contribution in [0.1, 0.15) is 12.8 Å². The van der Waals surface area contributed by atoms with Crippen molar-refractivity contribution in [1.29, 1.82) is 0 Å². The maximum atomic E-state index is 13.5. The number of carboxylic acid groups (broad SMARTS) is 1. The molecule has 0 heterocycles. The number of halogens is 5. The zero-order chi connectivity index (χ0) is 40.2. The van der Waals surface area contributed by atoms with E-state index in [1.165, 1.54) is 0 Å². The SMILES string of the molecule is O=C(O)CCOCCOCCOCCOCCOCCOCCOCCOCCOCCOCCOCCOCCC(=O)Oc1c(F)c(F)c(F)c(F)c1F. The molecule has 16 nitrogen and oxygen atoms in total. The van der Waals surface area contributed by atoms with E-state index >= 15 is 0 Å². The number of rotatable bonds is 40. The van der Waals surface area contributed by atoms with Gasteiger partial charge in [-0.05, 0) is 0 Å². The molecule has 21 heteroatoms. The Hall–Kier alpha value is -2.67. The van der Waals surface area contributed by atoms with Crippen LogP contribution < -0.4 is 4.74 Å². The van der Waals surface area contributed by atoms with Gasteiger partial charge in [-0.1, -0.05) is 0 Å². The molecule has 0 spiro atoms. The van der Waals surface area contributed by atoms with Crippen LogP contribution in [0, 0.1) is 29.1 Å². The summed E-state index contributed by atoms with van der Waals surface area (Å²) in [6.45, 7) is 8.16. The first-order valence-electron chi connectivity index (χ1n) is 17.6. The van der Waals surface area contributed by atoms with E-state index in [4.69, 9.17) is 61.9 Å². The number of hydrogen-bond acceptors (Lipinski definition) is 15. The van der Waals surface area contributed by atoms with E-state index in [9.17, 15) is 31.5 Å². The number of ether oxygens (including phenoxy) is 13. The number of aliphatic carboxylic acids is 1. The maximum absolute atomic E-state index is 13.5. The van der Waals surface area contributed by atoms with Gasteiger partial charge in [-0.3, -0.25) is 9.59 Å². The third-order valence-corrected chi connectivity index (χ3v) is 6.39. The monoisotopic (exact) mass is 812 g/mol. The summed E-state index contributed by atoms with van der Waals surface area (Å²) >= 11 is 0. The quantitative estimate of drug-likeness (QED) is 0.0255. The Labute approximate surface area is 316 Å². The highest BCUT2D eigenvalue weighted by atomic mass is 19.2.